The molecule has 0 saturated carbocycles. The Bertz CT molecular complexity index is 1170. The molecule has 0 atom stereocenters. The Balaban J connectivity index is 1.46. The maximum Gasteiger partial charge on any atom is 0.265 e. The van der Waals surface area contributed by atoms with Crippen LogP contribution < -0.4 is 10.3 Å². The molecule has 4 rings (SSSR count). The molecule has 7 heteroatoms. The normalized spacial score (nSPS) is 11.6. The van der Waals surface area contributed by atoms with Crippen molar-refractivity contribution in [2.75, 3.05) is 23.4 Å². The number of aryl methyl sites for hydroxylation is 1. The molecule has 0 radical (unpaired) electrons. The van der Waals surface area contributed by atoms with Gasteiger partial charge in [-0.25, -0.2) is 5.43 Å². The number of hydrogen-bond donors (Lipinski definition) is 2. The largest absolute Gasteiger partial charge is 0.372 e. The smallest absolute Gasteiger partial charge is 0.265 e. The Morgan fingerprint density at radius 2 is 1.77 bits per heavy atom. The Morgan fingerprint density at radius 1 is 1.00 bits per heavy atom. The lowest BCUT2D eigenvalue weighted by molar-refractivity contribution is 0.745. The van der Waals surface area contributed by atoms with Gasteiger partial charge in [-0.3, -0.25) is 0 Å². The van der Waals surface area contributed by atoms with Crippen molar-refractivity contribution in [1.82, 2.24) is 20.2 Å². The van der Waals surface area contributed by atoms with Gasteiger partial charge in [0.15, 0.2) is 5.65 Å². The Morgan fingerprint density at radius 3 is 2.48 bits per heavy atom. The molecule has 2 aromatic carbocycles. The molecule has 4 aromatic rings. The van der Waals surface area contributed by atoms with E-state index in [9.17, 15) is 0 Å². The van der Waals surface area contributed by atoms with Gasteiger partial charge in [-0.05, 0) is 54.7 Å². The molecule has 0 aliphatic heterocycles. The fourth-order valence-electron chi connectivity index (χ4n) is 3.73. The second-order valence-corrected chi connectivity index (χ2v) is 7.64. The standard InChI is InChI=1S/C24H29N7/c1-4-13-31(14-5-2)19-10-7-18(8-11-19)16-25-29-24-27-23-22(28-30-24)20-15-17(6-3)9-12-21(20)26-23/h7-12,15-16H,4-6,13-14H2,1-3H3,(H2,26,27,29,30)/b25-16+. The predicted molar refractivity (Wildman–Crippen MR) is 129 cm³/mol. The summed E-state index contributed by atoms with van der Waals surface area (Å²) in [5, 5.41) is 13.9. The van der Waals surface area contributed by atoms with E-state index in [0.717, 1.165) is 54.3 Å². The maximum atomic E-state index is 4.52. The Labute approximate surface area is 182 Å². The first-order chi connectivity index (χ1) is 15.2. The first kappa shape index (κ1) is 20.8. The number of aromatic nitrogens is 4. The summed E-state index contributed by atoms with van der Waals surface area (Å²) in [6.07, 6.45) is 5.03. The van der Waals surface area contributed by atoms with Crippen molar-refractivity contribution in [1.29, 1.82) is 0 Å². The topological polar surface area (TPSA) is 82.1 Å². The zero-order chi connectivity index (χ0) is 21.6. The number of nitrogens with zero attached hydrogens (tertiary/aromatic N) is 5. The summed E-state index contributed by atoms with van der Waals surface area (Å²) in [6, 6.07) is 14.8. The van der Waals surface area contributed by atoms with Gasteiger partial charge in [-0.2, -0.15) is 10.1 Å². The zero-order valence-electron chi connectivity index (χ0n) is 18.4. The van der Waals surface area contributed by atoms with E-state index in [-0.39, 0.29) is 0 Å². The number of nitrogens with one attached hydrogen (secondary N) is 2. The van der Waals surface area contributed by atoms with Crippen molar-refractivity contribution in [2.24, 2.45) is 5.10 Å². The number of benzene rings is 2. The summed E-state index contributed by atoms with van der Waals surface area (Å²) in [6.45, 7) is 8.70. The predicted octanol–water partition coefficient (Wildman–Crippen LogP) is 5.14. The third kappa shape index (κ3) is 4.66. The van der Waals surface area contributed by atoms with E-state index in [0.29, 0.717) is 11.6 Å². The molecule has 7 nitrogen and oxygen atoms in total. The van der Waals surface area contributed by atoms with E-state index >= 15 is 0 Å². The van der Waals surface area contributed by atoms with Crippen molar-refractivity contribution in [3.05, 3.63) is 53.6 Å². The number of aromatic amines is 1. The molecule has 2 heterocycles. The van der Waals surface area contributed by atoms with Crippen molar-refractivity contribution >= 4 is 39.9 Å². The number of rotatable bonds is 9. The third-order valence-electron chi connectivity index (χ3n) is 5.31. The molecule has 0 saturated heterocycles. The summed E-state index contributed by atoms with van der Waals surface area (Å²) in [5.41, 5.74) is 8.89. The molecular weight excluding hydrogens is 386 g/mol. The molecule has 0 amide bonds. The van der Waals surface area contributed by atoms with Gasteiger partial charge >= 0.3 is 0 Å². The highest BCUT2D eigenvalue weighted by atomic mass is 15.4. The fourth-order valence-corrected chi connectivity index (χ4v) is 3.73. The van der Waals surface area contributed by atoms with E-state index < -0.39 is 0 Å². The third-order valence-corrected chi connectivity index (χ3v) is 5.31. The average molecular weight is 416 g/mol. The van der Waals surface area contributed by atoms with E-state index in [2.05, 4.69) is 98.8 Å². The van der Waals surface area contributed by atoms with Gasteiger partial charge < -0.3 is 9.88 Å². The molecule has 0 fully saturated rings. The van der Waals surface area contributed by atoms with Crippen molar-refractivity contribution < 1.29 is 0 Å². The van der Waals surface area contributed by atoms with E-state index in [1.165, 1.54) is 11.3 Å². The number of hydrazone groups is 1. The van der Waals surface area contributed by atoms with Gasteiger partial charge in [-0.1, -0.05) is 39.0 Å². The van der Waals surface area contributed by atoms with Gasteiger partial charge in [0.25, 0.3) is 5.95 Å². The minimum atomic E-state index is 0.361. The molecule has 0 bridgehead atoms. The second kappa shape index (κ2) is 9.55. The molecular formula is C24H29N7. The molecule has 0 aliphatic rings. The molecule has 0 aliphatic carbocycles. The van der Waals surface area contributed by atoms with Gasteiger partial charge in [-0.15, -0.1) is 10.2 Å². The first-order valence-corrected chi connectivity index (χ1v) is 11.0. The summed E-state index contributed by atoms with van der Waals surface area (Å²) in [7, 11) is 0. The minimum Gasteiger partial charge on any atom is -0.372 e. The van der Waals surface area contributed by atoms with Crippen LogP contribution in [0.5, 0.6) is 0 Å². The SMILES string of the molecule is CCCN(CCC)c1ccc(/C=N/Nc2nnc3c(n2)[nH]c2ccc(CC)cc23)cc1. The first-order valence-electron chi connectivity index (χ1n) is 11.0. The summed E-state index contributed by atoms with van der Waals surface area (Å²) < 4.78 is 0. The fraction of sp³-hybridized carbons (Fsp3) is 0.333. The second-order valence-electron chi connectivity index (χ2n) is 7.64. The van der Waals surface area contributed by atoms with Gasteiger partial charge in [0, 0.05) is 29.7 Å². The number of hydrogen-bond acceptors (Lipinski definition) is 6. The number of fused-ring (bicyclic) bond motifs is 3. The highest BCUT2D eigenvalue weighted by molar-refractivity contribution is 6.03. The zero-order valence-corrected chi connectivity index (χ0v) is 18.4. The van der Waals surface area contributed by atoms with E-state index in [1.54, 1.807) is 6.21 Å². The van der Waals surface area contributed by atoms with Gasteiger partial charge in [0.1, 0.15) is 5.52 Å². The maximum absolute atomic E-state index is 4.52. The summed E-state index contributed by atoms with van der Waals surface area (Å²) >= 11 is 0. The molecule has 2 aromatic heterocycles. The van der Waals surface area contributed by atoms with Gasteiger partial charge in [0.05, 0.1) is 6.21 Å². The summed E-state index contributed by atoms with van der Waals surface area (Å²) in [4.78, 5) is 10.2. The van der Waals surface area contributed by atoms with Crippen LogP contribution in [0.2, 0.25) is 0 Å². The molecule has 2 N–H and O–H groups in total. The van der Waals surface area contributed by atoms with Crippen molar-refractivity contribution in [3.8, 4) is 0 Å². The van der Waals surface area contributed by atoms with E-state index in [4.69, 9.17) is 0 Å². The Kier molecular flexibility index (Phi) is 6.40. The highest BCUT2D eigenvalue weighted by Gasteiger charge is 2.09. The Hall–Kier alpha value is -3.48. The highest BCUT2D eigenvalue weighted by Crippen LogP contribution is 2.24. The number of H-pyrrole nitrogens is 1. The van der Waals surface area contributed by atoms with Gasteiger partial charge in [0.2, 0.25) is 0 Å². The van der Waals surface area contributed by atoms with Crippen LogP contribution in [-0.2, 0) is 6.42 Å². The minimum absolute atomic E-state index is 0.361. The van der Waals surface area contributed by atoms with Crippen LogP contribution in [0, 0.1) is 0 Å². The van der Waals surface area contributed by atoms with Crippen molar-refractivity contribution in [3.63, 3.8) is 0 Å². The van der Waals surface area contributed by atoms with Crippen LogP contribution >= 0.6 is 0 Å². The van der Waals surface area contributed by atoms with Crippen molar-refractivity contribution in [2.45, 2.75) is 40.0 Å². The lowest BCUT2D eigenvalue weighted by Gasteiger charge is -2.23. The van der Waals surface area contributed by atoms with E-state index in [1.807, 2.05) is 0 Å². The molecule has 0 unspecified atom stereocenters. The van der Waals surface area contributed by atoms with Crippen LogP contribution in [0.3, 0.4) is 0 Å². The molecule has 160 valence electrons. The molecule has 0 spiro atoms. The lowest BCUT2D eigenvalue weighted by Crippen LogP contribution is -2.24. The quantitative estimate of drug-likeness (QED) is 0.292. The number of anilines is 2. The van der Waals surface area contributed by atoms with Crippen LogP contribution in [0.15, 0.2) is 47.6 Å². The monoisotopic (exact) mass is 415 g/mol. The van der Waals surface area contributed by atoms with Crippen LogP contribution in [0.1, 0.15) is 44.7 Å². The van der Waals surface area contributed by atoms with Crippen LogP contribution in [0.4, 0.5) is 11.6 Å². The average Bonchev–Trinajstić information content (AvgIpc) is 3.16. The molecule has 31 heavy (non-hydrogen) atoms. The lowest BCUT2D eigenvalue weighted by atomic mass is 10.1. The van der Waals surface area contributed by atoms with Crippen LogP contribution in [-0.4, -0.2) is 39.5 Å². The van der Waals surface area contributed by atoms with Crippen LogP contribution in [0.25, 0.3) is 22.1 Å². The summed E-state index contributed by atoms with van der Waals surface area (Å²) in [5.74, 6) is 0.361.